The SMILES string of the molecule is C=CCC(N)C(=O)N1CCC(CCO)C1. The van der Waals surface area contributed by atoms with Crippen LogP contribution in [0, 0.1) is 5.92 Å². The van der Waals surface area contributed by atoms with Crippen LogP contribution in [-0.2, 0) is 4.79 Å². The fraction of sp³-hybridized carbons (Fsp3) is 0.727. The van der Waals surface area contributed by atoms with Crippen molar-refractivity contribution in [2.45, 2.75) is 25.3 Å². The van der Waals surface area contributed by atoms with Gasteiger partial charge in [0.05, 0.1) is 6.04 Å². The second-order valence-corrected chi connectivity index (χ2v) is 4.08. The van der Waals surface area contributed by atoms with Crippen LogP contribution < -0.4 is 5.73 Å². The van der Waals surface area contributed by atoms with Gasteiger partial charge in [0.15, 0.2) is 0 Å². The highest BCUT2D eigenvalue weighted by Gasteiger charge is 2.28. The molecule has 1 aliphatic rings. The second kappa shape index (κ2) is 5.88. The van der Waals surface area contributed by atoms with E-state index < -0.39 is 6.04 Å². The van der Waals surface area contributed by atoms with E-state index in [9.17, 15) is 4.79 Å². The van der Waals surface area contributed by atoms with Crippen molar-refractivity contribution in [2.24, 2.45) is 11.7 Å². The van der Waals surface area contributed by atoms with Crippen LogP contribution in [0.4, 0.5) is 0 Å². The molecule has 15 heavy (non-hydrogen) atoms. The first kappa shape index (κ1) is 12.2. The summed E-state index contributed by atoms with van der Waals surface area (Å²) in [5, 5.41) is 8.80. The number of carbonyl (C=O) groups excluding carboxylic acids is 1. The molecule has 3 N–H and O–H groups in total. The molecule has 0 saturated carbocycles. The van der Waals surface area contributed by atoms with E-state index in [0.717, 1.165) is 25.9 Å². The van der Waals surface area contributed by atoms with Gasteiger partial charge in [-0.1, -0.05) is 6.08 Å². The van der Waals surface area contributed by atoms with Crippen LogP contribution in [-0.4, -0.2) is 41.7 Å². The molecule has 1 saturated heterocycles. The Morgan fingerprint density at radius 2 is 2.47 bits per heavy atom. The highest BCUT2D eigenvalue weighted by atomic mass is 16.3. The van der Waals surface area contributed by atoms with E-state index in [4.69, 9.17) is 10.8 Å². The van der Waals surface area contributed by atoms with Crippen molar-refractivity contribution in [3.05, 3.63) is 12.7 Å². The summed E-state index contributed by atoms with van der Waals surface area (Å²) in [7, 11) is 0. The lowest BCUT2D eigenvalue weighted by Crippen LogP contribution is -2.42. The van der Waals surface area contributed by atoms with Crippen LogP contribution in [0.3, 0.4) is 0 Å². The van der Waals surface area contributed by atoms with Crippen molar-refractivity contribution < 1.29 is 9.90 Å². The summed E-state index contributed by atoms with van der Waals surface area (Å²) in [5.41, 5.74) is 5.72. The Balaban J connectivity index is 2.39. The molecule has 0 aromatic carbocycles. The molecule has 4 nitrogen and oxygen atoms in total. The molecule has 1 fully saturated rings. The van der Waals surface area contributed by atoms with Gasteiger partial charge in [-0.3, -0.25) is 4.79 Å². The quantitative estimate of drug-likeness (QED) is 0.636. The van der Waals surface area contributed by atoms with E-state index in [1.807, 2.05) is 0 Å². The third-order valence-corrected chi connectivity index (χ3v) is 2.87. The van der Waals surface area contributed by atoms with Gasteiger partial charge in [0.2, 0.25) is 5.91 Å². The minimum absolute atomic E-state index is 0.00957. The summed E-state index contributed by atoms with van der Waals surface area (Å²) < 4.78 is 0. The number of hydrogen-bond donors (Lipinski definition) is 2. The minimum atomic E-state index is -0.449. The fourth-order valence-electron chi connectivity index (χ4n) is 1.97. The maximum absolute atomic E-state index is 11.8. The number of likely N-dealkylation sites (tertiary alicyclic amines) is 1. The standard InChI is InChI=1S/C11H20N2O2/c1-2-3-10(12)11(15)13-6-4-9(8-13)5-7-14/h2,9-10,14H,1,3-8,12H2. The highest BCUT2D eigenvalue weighted by molar-refractivity contribution is 5.82. The normalized spacial score (nSPS) is 22.8. The van der Waals surface area contributed by atoms with Crippen LogP contribution >= 0.6 is 0 Å². The van der Waals surface area contributed by atoms with Crippen LogP contribution in [0.25, 0.3) is 0 Å². The molecule has 1 aliphatic heterocycles. The number of nitrogens with two attached hydrogens (primary N) is 1. The first-order valence-corrected chi connectivity index (χ1v) is 5.45. The lowest BCUT2D eigenvalue weighted by Gasteiger charge is -2.20. The van der Waals surface area contributed by atoms with Crippen molar-refractivity contribution in [1.82, 2.24) is 4.90 Å². The third kappa shape index (κ3) is 3.32. The lowest BCUT2D eigenvalue weighted by molar-refractivity contribution is -0.131. The van der Waals surface area contributed by atoms with Crippen LogP contribution in [0.1, 0.15) is 19.3 Å². The Bertz CT molecular complexity index is 231. The summed E-state index contributed by atoms with van der Waals surface area (Å²) in [6.45, 7) is 5.28. The summed E-state index contributed by atoms with van der Waals surface area (Å²) in [4.78, 5) is 13.6. The van der Waals surface area contributed by atoms with Gasteiger partial charge in [-0.2, -0.15) is 0 Å². The molecular formula is C11H20N2O2. The van der Waals surface area contributed by atoms with E-state index in [1.165, 1.54) is 0 Å². The van der Waals surface area contributed by atoms with Gasteiger partial charge in [0.25, 0.3) is 0 Å². The zero-order chi connectivity index (χ0) is 11.3. The number of carbonyl (C=O) groups is 1. The molecule has 0 spiro atoms. The second-order valence-electron chi connectivity index (χ2n) is 4.08. The molecular weight excluding hydrogens is 192 g/mol. The van der Waals surface area contributed by atoms with E-state index in [-0.39, 0.29) is 12.5 Å². The maximum atomic E-state index is 11.8. The van der Waals surface area contributed by atoms with Crippen molar-refractivity contribution in [3.63, 3.8) is 0 Å². The largest absolute Gasteiger partial charge is 0.396 e. The molecule has 1 heterocycles. The fourth-order valence-corrected chi connectivity index (χ4v) is 1.97. The summed E-state index contributed by atoms with van der Waals surface area (Å²) in [6.07, 6.45) is 3.96. The molecule has 4 heteroatoms. The molecule has 0 bridgehead atoms. The maximum Gasteiger partial charge on any atom is 0.239 e. The molecule has 86 valence electrons. The van der Waals surface area contributed by atoms with E-state index in [1.54, 1.807) is 11.0 Å². The molecule has 0 aromatic heterocycles. The summed E-state index contributed by atoms with van der Waals surface area (Å²) in [5.74, 6) is 0.449. The van der Waals surface area contributed by atoms with E-state index >= 15 is 0 Å². The predicted molar refractivity (Wildman–Crippen MR) is 59.2 cm³/mol. The van der Waals surface area contributed by atoms with E-state index in [0.29, 0.717) is 12.3 Å². The molecule has 2 unspecified atom stereocenters. The highest BCUT2D eigenvalue weighted by Crippen LogP contribution is 2.19. The zero-order valence-corrected chi connectivity index (χ0v) is 9.06. The first-order valence-electron chi connectivity index (χ1n) is 5.45. The van der Waals surface area contributed by atoms with Gasteiger partial charge in [-0.15, -0.1) is 6.58 Å². The number of hydrogen-bond acceptors (Lipinski definition) is 3. The van der Waals surface area contributed by atoms with Crippen LogP contribution in [0.2, 0.25) is 0 Å². The number of aliphatic hydroxyl groups is 1. The molecule has 0 radical (unpaired) electrons. The van der Waals surface area contributed by atoms with E-state index in [2.05, 4.69) is 6.58 Å². The topological polar surface area (TPSA) is 66.6 Å². The van der Waals surface area contributed by atoms with Crippen molar-refractivity contribution in [1.29, 1.82) is 0 Å². The molecule has 0 aromatic rings. The monoisotopic (exact) mass is 212 g/mol. The zero-order valence-electron chi connectivity index (χ0n) is 9.06. The molecule has 0 aliphatic carbocycles. The smallest absolute Gasteiger partial charge is 0.239 e. The van der Waals surface area contributed by atoms with Crippen molar-refractivity contribution in [2.75, 3.05) is 19.7 Å². The molecule has 2 atom stereocenters. The van der Waals surface area contributed by atoms with Crippen molar-refractivity contribution in [3.8, 4) is 0 Å². The van der Waals surface area contributed by atoms with Gasteiger partial charge in [-0.25, -0.2) is 0 Å². The van der Waals surface area contributed by atoms with Gasteiger partial charge < -0.3 is 15.7 Å². The third-order valence-electron chi connectivity index (χ3n) is 2.87. The van der Waals surface area contributed by atoms with Gasteiger partial charge in [0, 0.05) is 19.7 Å². The van der Waals surface area contributed by atoms with Gasteiger partial charge in [0.1, 0.15) is 0 Å². The Kier molecular flexibility index (Phi) is 4.78. The van der Waals surface area contributed by atoms with Crippen LogP contribution in [0.15, 0.2) is 12.7 Å². The average molecular weight is 212 g/mol. The summed E-state index contributed by atoms with van der Waals surface area (Å²) >= 11 is 0. The molecule has 1 rings (SSSR count). The Labute approximate surface area is 90.7 Å². The first-order chi connectivity index (χ1) is 7.19. The average Bonchev–Trinajstić information content (AvgIpc) is 2.66. The van der Waals surface area contributed by atoms with Crippen molar-refractivity contribution >= 4 is 5.91 Å². The number of nitrogens with zero attached hydrogens (tertiary/aromatic N) is 1. The minimum Gasteiger partial charge on any atom is -0.396 e. The Hall–Kier alpha value is -0.870. The summed E-state index contributed by atoms with van der Waals surface area (Å²) in [6, 6.07) is -0.449. The Morgan fingerprint density at radius 1 is 1.73 bits per heavy atom. The number of rotatable bonds is 5. The molecule has 1 amide bonds. The van der Waals surface area contributed by atoms with Gasteiger partial charge >= 0.3 is 0 Å². The lowest BCUT2D eigenvalue weighted by atomic mass is 10.1. The predicted octanol–water partition coefficient (Wildman–Crippen LogP) is 0.121. The Morgan fingerprint density at radius 3 is 3.07 bits per heavy atom. The number of amides is 1. The van der Waals surface area contributed by atoms with Crippen LogP contribution in [0.5, 0.6) is 0 Å². The van der Waals surface area contributed by atoms with Gasteiger partial charge in [-0.05, 0) is 25.2 Å². The number of aliphatic hydroxyl groups excluding tert-OH is 1.